The first-order valence-corrected chi connectivity index (χ1v) is 5.93. The van der Waals surface area contributed by atoms with Crippen LogP contribution in [0.15, 0.2) is 28.7 Å². The lowest BCUT2D eigenvalue weighted by Gasteiger charge is -2.06. The lowest BCUT2D eigenvalue weighted by atomic mass is 10.2. The lowest BCUT2D eigenvalue weighted by Crippen LogP contribution is -2.37. The summed E-state index contributed by atoms with van der Waals surface area (Å²) in [6.45, 7) is 0.701. The second-order valence-electron chi connectivity index (χ2n) is 3.32. The largest absolute Gasteiger partial charge is 0.353 e. The van der Waals surface area contributed by atoms with E-state index in [9.17, 15) is 9.59 Å². The van der Waals surface area contributed by atoms with Gasteiger partial charge < -0.3 is 16.4 Å². The fourth-order valence-corrected chi connectivity index (χ4v) is 1.58. The van der Waals surface area contributed by atoms with Crippen LogP contribution in [0.25, 0.3) is 0 Å². The van der Waals surface area contributed by atoms with Gasteiger partial charge in [0.15, 0.2) is 0 Å². The normalized spacial score (nSPS) is 9.76. The second kappa shape index (κ2) is 7.03. The Morgan fingerprint density at radius 1 is 1.24 bits per heavy atom. The molecule has 0 fully saturated rings. The van der Waals surface area contributed by atoms with Crippen molar-refractivity contribution in [3.63, 3.8) is 0 Å². The number of halogens is 1. The van der Waals surface area contributed by atoms with Gasteiger partial charge in [-0.15, -0.1) is 0 Å². The van der Waals surface area contributed by atoms with Crippen LogP contribution < -0.4 is 16.4 Å². The van der Waals surface area contributed by atoms with Gasteiger partial charge in [-0.25, -0.2) is 0 Å². The van der Waals surface area contributed by atoms with Crippen LogP contribution in [-0.4, -0.2) is 31.4 Å². The van der Waals surface area contributed by atoms with E-state index >= 15 is 0 Å². The number of carbonyl (C=O) groups excluding carboxylic acids is 2. The van der Waals surface area contributed by atoms with E-state index in [1.165, 1.54) is 0 Å². The van der Waals surface area contributed by atoms with Crippen LogP contribution in [0.3, 0.4) is 0 Å². The fourth-order valence-electron chi connectivity index (χ4n) is 1.18. The number of amides is 2. The Balaban J connectivity index is 2.33. The van der Waals surface area contributed by atoms with Gasteiger partial charge in [-0.05, 0) is 18.2 Å². The quantitative estimate of drug-likeness (QED) is 0.682. The van der Waals surface area contributed by atoms with Gasteiger partial charge in [0.05, 0.1) is 6.54 Å². The number of benzene rings is 1. The molecule has 0 saturated heterocycles. The van der Waals surface area contributed by atoms with Crippen molar-refractivity contribution in [3.05, 3.63) is 34.3 Å². The molecular weight excluding hydrogens is 286 g/mol. The topological polar surface area (TPSA) is 84.2 Å². The Hall–Kier alpha value is -1.40. The molecule has 0 spiro atoms. The third-order valence-corrected chi connectivity index (χ3v) is 2.50. The molecule has 0 saturated carbocycles. The molecule has 0 heterocycles. The smallest absolute Gasteiger partial charge is 0.251 e. The summed E-state index contributed by atoms with van der Waals surface area (Å²) in [7, 11) is 0. The Morgan fingerprint density at radius 3 is 2.59 bits per heavy atom. The monoisotopic (exact) mass is 299 g/mol. The summed E-state index contributed by atoms with van der Waals surface area (Å²) in [6.07, 6.45) is 0. The molecule has 92 valence electrons. The predicted octanol–water partition coefficient (Wildman–Crippen LogP) is 0.254. The highest BCUT2D eigenvalue weighted by Crippen LogP contribution is 2.11. The van der Waals surface area contributed by atoms with Crippen molar-refractivity contribution in [2.24, 2.45) is 5.73 Å². The first kappa shape index (κ1) is 13.7. The molecule has 0 bridgehead atoms. The first-order valence-electron chi connectivity index (χ1n) is 5.14. The molecule has 0 aliphatic rings. The van der Waals surface area contributed by atoms with Gasteiger partial charge in [-0.3, -0.25) is 9.59 Å². The third-order valence-electron chi connectivity index (χ3n) is 2.00. The highest BCUT2D eigenvalue weighted by molar-refractivity contribution is 9.10. The molecular formula is C11H14BrN3O2. The van der Waals surface area contributed by atoms with Gasteiger partial charge in [0.1, 0.15) is 0 Å². The molecule has 0 radical (unpaired) electrons. The summed E-state index contributed by atoms with van der Waals surface area (Å²) < 4.78 is 0.849. The van der Waals surface area contributed by atoms with Gasteiger partial charge in [0.25, 0.3) is 5.91 Å². The highest BCUT2D eigenvalue weighted by atomic mass is 79.9. The Labute approximate surface area is 108 Å². The van der Waals surface area contributed by atoms with Gasteiger partial charge in [0, 0.05) is 23.1 Å². The number of nitrogens with one attached hydrogen (secondary N) is 2. The van der Waals surface area contributed by atoms with Crippen LogP contribution in [0.2, 0.25) is 0 Å². The highest BCUT2D eigenvalue weighted by Gasteiger charge is 2.04. The molecule has 2 amide bonds. The molecule has 17 heavy (non-hydrogen) atoms. The van der Waals surface area contributed by atoms with Crippen LogP contribution in [0.4, 0.5) is 0 Å². The molecule has 1 rings (SSSR count). The molecule has 0 aromatic heterocycles. The third kappa shape index (κ3) is 4.97. The number of nitrogens with two attached hydrogens (primary N) is 1. The van der Waals surface area contributed by atoms with Crippen molar-refractivity contribution >= 4 is 27.7 Å². The minimum atomic E-state index is -0.235. The summed E-state index contributed by atoms with van der Waals surface area (Å²) in [4.78, 5) is 22.5. The van der Waals surface area contributed by atoms with Gasteiger partial charge in [0.2, 0.25) is 5.91 Å². The minimum Gasteiger partial charge on any atom is -0.353 e. The van der Waals surface area contributed by atoms with E-state index < -0.39 is 0 Å². The summed E-state index contributed by atoms with van der Waals surface area (Å²) >= 11 is 3.29. The maximum atomic E-state index is 11.6. The van der Waals surface area contributed by atoms with E-state index in [2.05, 4.69) is 26.6 Å². The fraction of sp³-hybridized carbons (Fsp3) is 0.273. The summed E-state index contributed by atoms with van der Waals surface area (Å²) in [5, 5.41) is 5.25. The SMILES string of the molecule is NCC(=O)NCCNC(=O)c1cccc(Br)c1. The average molecular weight is 300 g/mol. The van der Waals surface area contributed by atoms with E-state index in [-0.39, 0.29) is 18.4 Å². The van der Waals surface area contributed by atoms with E-state index in [4.69, 9.17) is 5.73 Å². The van der Waals surface area contributed by atoms with E-state index in [1.807, 2.05) is 6.07 Å². The maximum absolute atomic E-state index is 11.6. The zero-order valence-electron chi connectivity index (χ0n) is 9.20. The molecule has 1 aromatic rings. The number of carbonyl (C=O) groups is 2. The predicted molar refractivity (Wildman–Crippen MR) is 68.5 cm³/mol. The summed E-state index contributed by atoms with van der Waals surface area (Å²) in [6, 6.07) is 7.08. The number of hydrogen-bond acceptors (Lipinski definition) is 3. The van der Waals surface area contributed by atoms with Crippen LogP contribution in [0.1, 0.15) is 10.4 Å². The number of hydrogen-bond donors (Lipinski definition) is 3. The molecule has 0 aliphatic heterocycles. The maximum Gasteiger partial charge on any atom is 0.251 e. The van der Waals surface area contributed by atoms with Crippen LogP contribution >= 0.6 is 15.9 Å². The zero-order valence-corrected chi connectivity index (χ0v) is 10.8. The minimum absolute atomic E-state index is 0.0421. The number of rotatable bonds is 5. The van der Waals surface area contributed by atoms with Crippen molar-refractivity contribution in [3.8, 4) is 0 Å². The molecule has 0 atom stereocenters. The van der Waals surface area contributed by atoms with Crippen LogP contribution in [0.5, 0.6) is 0 Å². The van der Waals surface area contributed by atoms with Gasteiger partial charge in [-0.2, -0.15) is 0 Å². The Bertz CT molecular complexity index is 409. The standard InChI is InChI=1S/C11H14BrN3O2/c12-9-3-1-2-8(6-9)11(17)15-5-4-14-10(16)7-13/h1-3,6H,4-5,7,13H2,(H,14,16)(H,15,17). The molecule has 5 nitrogen and oxygen atoms in total. The Kier molecular flexibility index (Phi) is 5.65. The first-order chi connectivity index (χ1) is 8.13. The van der Waals surface area contributed by atoms with Crippen molar-refractivity contribution in [1.82, 2.24) is 10.6 Å². The van der Waals surface area contributed by atoms with Crippen molar-refractivity contribution < 1.29 is 9.59 Å². The average Bonchev–Trinajstić information content (AvgIpc) is 2.34. The van der Waals surface area contributed by atoms with Crippen molar-refractivity contribution in [2.75, 3.05) is 19.6 Å². The summed E-state index contributed by atoms with van der Waals surface area (Å²) in [5.41, 5.74) is 5.69. The van der Waals surface area contributed by atoms with E-state index in [0.29, 0.717) is 18.7 Å². The molecule has 4 N–H and O–H groups in total. The van der Waals surface area contributed by atoms with Crippen molar-refractivity contribution in [1.29, 1.82) is 0 Å². The van der Waals surface area contributed by atoms with E-state index in [0.717, 1.165) is 4.47 Å². The van der Waals surface area contributed by atoms with Crippen LogP contribution in [-0.2, 0) is 4.79 Å². The molecule has 1 aromatic carbocycles. The second-order valence-corrected chi connectivity index (χ2v) is 4.24. The van der Waals surface area contributed by atoms with Crippen LogP contribution in [0, 0.1) is 0 Å². The van der Waals surface area contributed by atoms with Crippen molar-refractivity contribution in [2.45, 2.75) is 0 Å². The lowest BCUT2D eigenvalue weighted by molar-refractivity contribution is -0.119. The molecule has 0 aliphatic carbocycles. The van der Waals surface area contributed by atoms with E-state index in [1.54, 1.807) is 18.2 Å². The Morgan fingerprint density at radius 2 is 1.94 bits per heavy atom. The summed E-state index contributed by atoms with van der Waals surface area (Å²) in [5.74, 6) is -0.407. The van der Waals surface area contributed by atoms with Gasteiger partial charge >= 0.3 is 0 Å². The molecule has 0 unspecified atom stereocenters. The van der Waals surface area contributed by atoms with Gasteiger partial charge in [-0.1, -0.05) is 22.0 Å². The molecule has 6 heteroatoms. The zero-order chi connectivity index (χ0) is 12.7.